The Balaban J connectivity index is 1.14. The molecule has 3 fully saturated rings. The summed E-state index contributed by atoms with van der Waals surface area (Å²) in [5.41, 5.74) is 4.99. The van der Waals surface area contributed by atoms with Crippen LogP contribution in [0.15, 0.2) is 158 Å². The van der Waals surface area contributed by atoms with Crippen LogP contribution in [0.25, 0.3) is 0 Å². The minimum Gasteiger partial charge on any atom is -0.508 e. The van der Waals surface area contributed by atoms with Gasteiger partial charge in [-0.1, -0.05) is 115 Å². The maximum atomic E-state index is 15.6. The zero-order chi connectivity index (χ0) is 44.5. The van der Waals surface area contributed by atoms with E-state index in [2.05, 4.69) is 44.4 Å². The van der Waals surface area contributed by atoms with Gasteiger partial charge < -0.3 is 30.1 Å². The van der Waals surface area contributed by atoms with E-state index in [1.807, 2.05) is 133 Å². The number of carbonyl (C=O) groups excluding carboxylic acids is 3. The number of esters is 1. The van der Waals surface area contributed by atoms with Crippen molar-refractivity contribution in [2.45, 2.75) is 36.2 Å². The fourth-order valence-electron chi connectivity index (χ4n) is 10.4. The van der Waals surface area contributed by atoms with Gasteiger partial charge in [0, 0.05) is 42.3 Å². The topological polar surface area (TPSA) is 124 Å². The van der Waals surface area contributed by atoms with E-state index < -0.39 is 53.3 Å². The maximum absolute atomic E-state index is 15.6. The molecule has 2 amide bonds. The molecule has 6 aromatic carbocycles. The minimum atomic E-state index is -1.70. The number of benzene rings is 6. The van der Waals surface area contributed by atoms with Crippen molar-refractivity contribution in [2.75, 3.05) is 55.4 Å². The number of phenolic OH excluding ortho intramolecular Hbond substituents is 1. The highest BCUT2D eigenvalue weighted by molar-refractivity contribution is 6.13. The molecule has 3 saturated heterocycles. The third-order valence-electron chi connectivity index (χ3n) is 13.2. The Morgan fingerprint density at radius 1 is 0.800 bits per heavy atom. The quantitative estimate of drug-likeness (QED) is 0.0996. The molecule has 3 N–H and O–H groups in total. The first kappa shape index (κ1) is 41.8. The Labute approximate surface area is 378 Å². The Morgan fingerprint density at radius 3 is 2.15 bits per heavy atom. The molecule has 0 saturated carbocycles. The molecule has 0 aliphatic carbocycles. The van der Waals surface area contributed by atoms with Crippen LogP contribution in [0, 0.1) is 17.8 Å². The first-order valence-electron chi connectivity index (χ1n) is 22.1. The van der Waals surface area contributed by atoms with Crippen molar-refractivity contribution in [2.24, 2.45) is 5.92 Å². The molecule has 4 aliphatic rings. The number of ether oxygens (including phenoxy) is 2. The van der Waals surface area contributed by atoms with E-state index in [0.29, 0.717) is 47.8 Å². The van der Waals surface area contributed by atoms with Crippen molar-refractivity contribution in [3.63, 3.8) is 0 Å². The van der Waals surface area contributed by atoms with Gasteiger partial charge in [-0.05, 0) is 89.5 Å². The van der Waals surface area contributed by atoms with Gasteiger partial charge in [-0.15, -0.1) is 0 Å². The number of nitrogens with one attached hydrogen (secondary N) is 2. The normalized spacial score (nSPS) is 23.5. The molecule has 0 bridgehead atoms. The van der Waals surface area contributed by atoms with Gasteiger partial charge in [0.2, 0.25) is 11.8 Å². The van der Waals surface area contributed by atoms with E-state index in [1.165, 1.54) is 5.56 Å². The summed E-state index contributed by atoms with van der Waals surface area (Å²) in [7, 11) is 2.02. The predicted molar refractivity (Wildman–Crippen MR) is 249 cm³/mol. The van der Waals surface area contributed by atoms with E-state index >= 15 is 14.4 Å². The summed E-state index contributed by atoms with van der Waals surface area (Å²) >= 11 is 0. The Kier molecular flexibility index (Phi) is 11.4. The summed E-state index contributed by atoms with van der Waals surface area (Å²) in [6, 6.07) is 46.7. The van der Waals surface area contributed by atoms with Crippen molar-refractivity contribution in [1.82, 2.24) is 9.80 Å². The fourth-order valence-corrected chi connectivity index (χ4v) is 10.4. The van der Waals surface area contributed by atoms with Gasteiger partial charge in [-0.2, -0.15) is 0 Å². The second kappa shape index (κ2) is 17.7. The third-order valence-corrected chi connectivity index (χ3v) is 13.2. The number of nitrogens with zero attached hydrogens (tertiary/aromatic N) is 3. The number of rotatable bonds is 9. The SMILES string of the molecule is CN(CC#Cc1ccc2c(c1)C1(C(=O)N2)C(C(=O)Nc2ccc(N3CCOCC3)cc2)C2C(=O)OC(c3ccccc3)C(c3ccccc3)N2C1c1ccc(O)cc1)Cc1ccccc1. The predicted octanol–water partition coefficient (Wildman–Crippen LogP) is 7.62. The van der Waals surface area contributed by atoms with Crippen LogP contribution in [-0.4, -0.2) is 78.6 Å². The number of cyclic esters (lactones) is 1. The largest absolute Gasteiger partial charge is 0.508 e. The molecule has 65 heavy (non-hydrogen) atoms. The molecule has 6 atom stereocenters. The van der Waals surface area contributed by atoms with Gasteiger partial charge in [0.1, 0.15) is 23.3 Å². The fraction of sp³-hybridized carbons (Fsp3) is 0.241. The van der Waals surface area contributed by atoms with Crippen molar-refractivity contribution in [3.8, 4) is 17.6 Å². The molecule has 1 spiro atoms. The van der Waals surface area contributed by atoms with E-state index in [4.69, 9.17) is 9.47 Å². The molecule has 10 rings (SSSR count). The number of anilines is 3. The second-order valence-electron chi connectivity index (χ2n) is 17.2. The van der Waals surface area contributed by atoms with Crippen molar-refractivity contribution >= 4 is 34.8 Å². The molecular formula is C54H49N5O6. The molecule has 11 nitrogen and oxygen atoms in total. The lowest BCUT2D eigenvalue weighted by Crippen LogP contribution is -2.53. The standard InChI is InChI=1S/C54H49N5O6/c1-57(35-37-12-5-2-6-13-37)29-11-14-36-19-28-45-44(34-36)54(53(63)56-45)46(51(61)55-41-22-24-42(25-23-41)58-30-32-64-33-31-58)48-52(62)65-49(39-17-9-4-10-18-39)47(38-15-7-3-8-16-38)59(48)50(54)40-20-26-43(60)27-21-40/h2-10,12-13,15-28,34,46-50,60H,29-33,35H2,1H3,(H,55,61)(H,56,63). The average Bonchev–Trinajstić information content (AvgIpc) is 3.82. The maximum Gasteiger partial charge on any atom is 0.324 e. The van der Waals surface area contributed by atoms with Crippen LogP contribution in [-0.2, 0) is 35.8 Å². The molecule has 6 aromatic rings. The number of amides is 2. The van der Waals surface area contributed by atoms with Crippen molar-refractivity contribution in [3.05, 3.63) is 191 Å². The highest BCUT2D eigenvalue weighted by atomic mass is 16.6. The molecule has 4 heterocycles. The highest BCUT2D eigenvalue weighted by Crippen LogP contribution is 2.65. The number of phenols is 1. The average molecular weight is 864 g/mol. The van der Waals surface area contributed by atoms with E-state index in [1.54, 1.807) is 24.3 Å². The van der Waals surface area contributed by atoms with Gasteiger partial charge in [-0.25, -0.2) is 0 Å². The summed E-state index contributed by atoms with van der Waals surface area (Å²) in [5, 5.41) is 17.0. The number of carbonyl (C=O) groups is 3. The number of fused-ring (bicyclic) bond motifs is 3. The van der Waals surface area contributed by atoms with Gasteiger partial charge in [0.05, 0.1) is 37.8 Å². The zero-order valence-electron chi connectivity index (χ0n) is 36.0. The van der Waals surface area contributed by atoms with E-state index in [0.717, 1.165) is 36.4 Å². The smallest absolute Gasteiger partial charge is 0.324 e. The number of aromatic hydroxyl groups is 1. The summed E-state index contributed by atoms with van der Waals surface area (Å²) in [6.45, 7) is 3.99. The van der Waals surface area contributed by atoms with E-state index in [9.17, 15) is 5.11 Å². The Morgan fingerprint density at radius 2 is 1.46 bits per heavy atom. The van der Waals surface area contributed by atoms with Crippen LogP contribution in [0.4, 0.5) is 17.1 Å². The van der Waals surface area contributed by atoms with Crippen molar-refractivity contribution < 1.29 is 29.0 Å². The van der Waals surface area contributed by atoms with Crippen LogP contribution in [0.5, 0.6) is 5.75 Å². The van der Waals surface area contributed by atoms with E-state index in [-0.39, 0.29) is 5.75 Å². The number of hydrogen-bond donors (Lipinski definition) is 3. The molecule has 11 heteroatoms. The highest BCUT2D eigenvalue weighted by Gasteiger charge is 2.74. The summed E-state index contributed by atoms with van der Waals surface area (Å²) in [5.74, 6) is 3.85. The zero-order valence-corrected chi connectivity index (χ0v) is 36.0. The number of morpholine rings is 2. The van der Waals surface area contributed by atoms with Crippen LogP contribution in [0.1, 0.15) is 51.6 Å². The van der Waals surface area contributed by atoms with Crippen molar-refractivity contribution in [1.29, 1.82) is 0 Å². The molecule has 326 valence electrons. The van der Waals surface area contributed by atoms with Crippen LogP contribution < -0.4 is 15.5 Å². The third kappa shape index (κ3) is 7.80. The molecule has 4 aliphatic heterocycles. The lowest BCUT2D eigenvalue weighted by Gasteiger charge is -2.46. The lowest BCUT2D eigenvalue weighted by atomic mass is 9.65. The minimum absolute atomic E-state index is 0.0399. The molecule has 0 radical (unpaired) electrons. The van der Waals surface area contributed by atoms with Gasteiger partial charge in [0.25, 0.3) is 0 Å². The first-order chi connectivity index (χ1) is 31.8. The molecular weight excluding hydrogens is 815 g/mol. The Hall–Kier alpha value is -7.23. The van der Waals surface area contributed by atoms with Crippen LogP contribution in [0.2, 0.25) is 0 Å². The van der Waals surface area contributed by atoms with Gasteiger partial charge in [0.15, 0.2) is 0 Å². The summed E-state index contributed by atoms with van der Waals surface area (Å²) in [6.07, 6.45) is -0.803. The monoisotopic (exact) mass is 863 g/mol. The second-order valence-corrected chi connectivity index (χ2v) is 17.2. The summed E-state index contributed by atoms with van der Waals surface area (Å²) in [4.78, 5) is 52.7. The van der Waals surface area contributed by atoms with Crippen LogP contribution in [0.3, 0.4) is 0 Å². The van der Waals surface area contributed by atoms with Gasteiger partial charge >= 0.3 is 5.97 Å². The van der Waals surface area contributed by atoms with Gasteiger partial charge in [-0.3, -0.25) is 24.2 Å². The first-order valence-corrected chi connectivity index (χ1v) is 22.1. The lowest BCUT2D eigenvalue weighted by molar-refractivity contribution is -0.177. The number of hydrogen-bond acceptors (Lipinski definition) is 9. The summed E-state index contributed by atoms with van der Waals surface area (Å²) < 4.78 is 12.1. The Bertz CT molecular complexity index is 2750. The molecule has 0 aromatic heterocycles. The van der Waals surface area contributed by atoms with Crippen LogP contribution >= 0.6 is 0 Å². The molecule has 6 unspecified atom stereocenters.